The molecule has 0 amide bonds. The first-order valence-electron chi connectivity index (χ1n) is 15.4. The Morgan fingerprint density at radius 2 is 0.826 bits per heavy atom. The molecule has 0 spiro atoms. The predicted octanol–water partition coefficient (Wildman–Crippen LogP) is 10.3. The second-order valence-corrected chi connectivity index (χ2v) is 11.3. The van der Waals surface area contributed by atoms with Crippen LogP contribution in [0.25, 0.3) is 55.3 Å². The van der Waals surface area contributed by atoms with Gasteiger partial charge in [-0.05, 0) is 69.7 Å². The molecule has 0 fully saturated rings. The summed E-state index contributed by atoms with van der Waals surface area (Å²) in [6.07, 6.45) is 0. The van der Waals surface area contributed by atoms with Gasteiger partial charge in [-0.3, -0.25) is 0 Å². The highest BCUT2D eigenvalue weighted by Gasteiger charge is 2.17. The number of hydrogen-bond donors (Lipinski definition) is 1. The third-order valence-electron chi connectivity index (χ3n) is 8.60. The minimum absolute atomic E-state index is 0.669. The molecular weight excluding hydrogens is 561 g/mol. The summed E-state index contributed by atoms with van der Waals surface area (Å²) in [5, 5.41) is 11.8. The number of furan rings is 1. The molecule has 0 aliphatic rings. The quantitative estimate of drug-likeness (QED) is 0.188. The molecule has 8 rings (SSSR count). The third-order valence-corrected chi connectivity index (χ3v) is 8.60. The summed E-state index contributed by atoms with van der Waals surface area (Å²) in [7, 11) is 1.10. The van der Waals surface area contributed by atoms with Crippen molar-refractivity contribution in [2.75, 3.05) is 4.90 Å². The fourth-order valence-electron chi connectivity index (χ4n) is 6.28. The Labute approximate surface area is 268 Å². The maximum absolute atomic E-state index is 9.77. The first kappa shape index (κ1) is 27.7. The normalized spacial score (nSPS) is 11.2. The van der Waals surface area contributed by atoms with Crippen LogP contribution in [0.1, 0.15) is 0 Å². The van der Waals surface area contributed by atoms with Crippen molar-refractivity contribution in [1.29, 1.82) is 0 Å². The van der Waals surface area contributed by atoms with Gasteiger partial charge in [-0.15, -0.1) is 0 Å². The number of benzene rings is 7. The van der Waals surface area contributed by atoms with Crippen LogP contribution in [0.2, 0.25) is 0 Å². The molecule has 0 saturated heterocycles. The maximum Gasteiger partial charge on any atom is 0.330 e. The summed E-state index contributed by atoms with van der Waals surface area (Å²) in [6.45, 7) is 0. The van der Waals surface area contributed by atoms with Gasteiger partial charge in [-0.2, -0.15) is 0 Å². The van der Waals surface area contributed by atoms with Crippen molar-refractivity contribution in [3.05, 3.63) is 170 Å². The molecule has 0 unspecified atom stereocenters. The van der Waals surface area contributed by atoms with Crippen molar-refractivity contribution in [2.24, 2.45) is 0 Å². The van der Waals surface area contributed by atoms with Crippen LogP contribution in [0, 0.1) is 0 Å². The second-order valence-electron chi connectivity index (χ2n) is 11.3. The molecule has 1 radical (unpaired) electrons. The van der Waals surface area contributed by atoms with Crippen molar-refractivity contribution >= 4 is 51.9 Å². The van der Waals surface area contributed by atoms with Crippen molar-refractivity contribution in [2.45, 2.75) is 0 Å². The van der Waals surface area contributed by atoms with Crippen LogP contribution in [-0.4, -0.2) is 12.5 Å². The van der Waals surface area contributed by atoms with Crippen molar-refractivity contribution in [1.82, 2.24) is 0 Å². The molecule has 0 atom stereocenters. The van der Waals surface area contributed by atoms with E-state index in [2.05, 4.69) is 144 Å². The lowest BCUT2D eigenvalue weighted by molar-refractivity contribution is 0.613. The van der Waals surface area contributed by atoms with Gasteiger partial charge in [-0.25, -0.2) is 0 Å². The fraction of sp³-hybridized carbons (Fsp3) is 0. The zero-order valence-electron chi connectivity index (χ0n) is 25.0. The third kappa shape index (κ3) is 5.05. The highest BCUT2D eigenvalue weighted by Crippen LogP contribution is 2.39. The van der Waals surface area contributed by atoms with Crippen molar-refractivity contribution in [3.63, 3.8) is 0 Å². The summed E-state index contributed by atoms with van der Waals surface area (Å²) in [4.78, 5) is 2.29. The smallest absolute Gasteiger partial charge is 0.330 e. The Morgan fingerprint density at radius 3 is 1.33 bits per heavy atom. The lowest BCUT2D eigenvalue weighted by Gasteiger charge is -2.26. The van der Waals surface area contributed by atoms with E-state index in [1.54, 1.807) is 0 Å². The minimum atomic E-state index is 0.669. The number of anilines is 3. The SMILES string of the molecule is O[B]c1cccc2c1oc1c(-c3ccc(N(c4ccc(-c5ccccc5)cc4)c4ccc(-c5ccccc5)cc4)cc3)cccc12. The highest BCUT2D eigenvalue weighted by molar-refractivity contribution is 6.50. The van der Waals surface area contributed by atoms with Gasteiger partial charge in [0.2, 0.25) is 0 Å². The lowest BCUT2D eigenvalue weighted by atomic mass is 9.87. The fourth-order valence-corrected chi connectivity index (χ4v) is 6.28. The molecule has 3 nitrogen and oxygen atoms in total. The Hall–Kier alpha value is -5.84. The summed E-state index contributed by atoms with van der Waals surface area (Å²) in [6, 6.07) is 59.1. The van der Waals surface area contributed by atoms with E-state index in [-0.39, 0.29) is 0 Å². The van der Waals surface area contributed by atoms with Gasteiger partial charge in [0.1, 0.15) is 11.2 Å². The molecule has 1 N–H and O–H groups in total. The number of fused-ring (bicyclic) bond motifs is 3. The van der Waals surface area contributed by atoms with E-state index in [0.717, 1.165) is 52.0 Å². The lowest BCUT2D eigenvalue weighted by Crippen LogP contribution is -2.12. The van der Waals surface area contributed by atoms with E-state index < -0.39 is 0 Å². The van der Waals surface area contributed by atoms with Crippen LogP contribution in [-0.2, 0) is 0 Å². The van der Waals surface area contributed by atoms with Crippen LogP contribution in [0.4, 0.5) is 17.1 Å². The van der Waals surface area contributed by atoms with Gasteiger partial charge in [0.25, 0.3) is 0 Å². The average molecular weight is 591 g/mol. The molecular formula is C42H29BNO2. The first-order chi connectivity index (χ1) is 22.8. The average Bonchev–Trinajstić information content (AvgIpc) is 3.53. The van der Waals surface area contributed by atoms with Crippen molar-refractivity contribution < 1.29 is 9.44 Å². The zero-order chi connectivity index (χ0) is 30.9. The maximum atomic E-state index is 9.77. The molecule has 4 heteroatoms. The molecule has 46 heavy (non-hydrogen) atoms. The molecule has 8 aromatic rings. The Balaban J connectivity index is 1.20. The molecule has 217 valence electrons. The standard InChI is InChI=1S/C42H29BNO2/c45-43-40-16-8-15-39-38-14-7-13-37(41(38)46-42(39)40)33-21-27-36(28-22-33)44(34-23-17-31(18-24-34)29-9-3-1-4-10-29)35-25-19-32(20-26-35)30-11-5-2-6-12-30/h1-28,45H. The van der Waals surface area contributed by atoms with Gasteiger partial charge in [-0.1, -0.05) is 133 Å². The van der Waals surface area contributed by atoms with Gasteiger partial charge in [0.05, 0.1) is 0 Å². The van der Waals surface area contributed by atoms with E-state index >= 15 is 0 Å². The van der Waals surface area contributed by atoms with E-state index in [1.807, 2.05) is 30.3 Å². The van der Waals surface area contributed by atoms with Gasteiger partial charge < -0.3 is 14.3 Å². The molecule has 0 aliphatic carbocycles. The topological polar surface area (TPSA) is 36.6 Å². The highest BCUT2D eigenvalue weighted by atomic mass is 16.3. The van der Waals surface area contributed by atoms with Gasteiger partial charge in [0, 0.05) is 33.4 Å². The van der Waals surface area contributed by atoms with E-state index in [9.17, 15) is 5.02 Å². The molecule has 0 aliphatic heterocycles. The summed E-state index contributed by atoms with van der Waals surface area (Å²) in [5.41, 5.74) is 12.2. The molecule has 1 heterocycles. The van der Waals surface area contributed by atoms with Crippen LogP contribution < -0.4 is 10.4 Å². The Kier molecular flexibility index (Phi) is 7.18. The van der Waals surface area contributed by atoms with Crippen LogP contribution in [0.15, 0.2) is 174 Å². The summed E-state index contributed by atoms with van der Waals surface area (Å²) < 4.78 is 6.37. The summed E-state index contributed by atoms with van der Waals surface area (Å²) in [5.74, 6) is 0. The Morgan fingerprint density at radius 1 is 0.391 bits per heavy atom. The van der Waals surface area contributed by atoms with Crippen molar-refractivity contribution in [3.8, 4) is 33.4 Å². The van der Waals surface area contributed by atoms with E-state index in [1.165, 1.54) is 22.3 Å². The number of hydrogen-bond acceptors (Lipinski definition) is 3. The van der Waals surface area contributed by atoms with Gasteiger partial charge in [0.15, 0.2) is 0 Å². The van der Waals surface area contributed by atoms with Crippen LogP contribution in [0.5, 0.6) is 0 Å². The van der Waals surface area contributed by atoms with Gasteiger partial charge >= 0.3 is 7.48 Å². The largest absolute Gasteiger partial charge is 0.456 e. The van der Waals surface area contributed by atoms with Crippen LogP contribution >= 0.6 is 0 Å². The van der Waals surface area contributed by atoms with E-state index in [0.29, 0.717) is 11.0 Å². The number of rotatable bonds is 7. The molecule has 0 bridgehead atoms. The first-order valence-corrected chi connectivity index (χ1v) is 15.4. The molecule has 1 aromatic heterocycles. The molecule has 7 aromatic carbocycles. The monoisotopic (exact) mass is 590 g/mol. The summed E-state index contributed by atoms with van der Waals surface area (Å²) >= 11 is 0. The van der Waals surface area contributed by atoms with Crippen LogP contribution in [0.3, 0.4) is 0 Å². The molecule has 0 saturated carbocycles. The minimum Gasteiger partial charge on any atom is -0.456 e. The zero-order valence-corrected chi connectivity index (χ0v) is 25.0. The number of nitrogens with zero attached hydrogens (tertiary/aromatic N) is 1. The predicted molar refractivity (Wildman–Crippen MR) is 192 cm³/mol. The van der Waals surface area contributed by atoms with E-state index in [4.69, 9.17) is 4.42 Å². The second kappa shape index (κ2) is 11.9. The Bertz CT molecular complexity index is 2180. The number of para-hydroxylation sites is 2.